The van der Waals surface area contributed by atoms with Gasteiger partial charge < -0.3 is 128 Å². The molecule has 46 heteroatoms. The molecule has 14 rings (SSSR count). The number of fused-ring (bicyclic) bond motifs is 15. The Bertz CT molecular complexity index is 5620. The molecule has 42 nitrogen and oxygen atoms in total. The number of nitrogens with two attached hydrogens (primary N) is 1. The molecule has 10 amide bonds. The first-order chi connectivity index (χ1) is 61.2. The van der Waals surface area contributed by atoms with Crippen molar-refractivity contribution in [3.63, 3.8) is 0 Å². The predicted molar refractivity (Wildman–Crippen MR) is 446 cm³/mol. The van der Waals surface area contributed by atoms with Crippen LogP contribution in [0.15, 0.2) is 114 Å². The van der Waals surface area contributed by atoms with Crippen LogP contribution in [0.2, 0.25) is 15.1 Å². The number of nitrogens with one attached hydrogen (secondary N) is 11. The Balaban J connectivity index is 0.998. The van der Waals surface area contributed by atoms with Gasteiger partial charge in [0.15, 0.2) is 36.7 Å². The van der Waals surface area contributed by atoms with Crippen molar-refractivity contribution in [2.75, 3.05) is 32.1 Å². The highest BCUT2D eigenvalue weighted by molar-refractivity contribution is 6.32. The molecule has 7 aliphatic heterocycles. The molecule has 0 radical (unpaired) electrons. The number of primary amides is 1. The number of carbonyl (C=O) groups excluding carboxylic acids is 10. The molecule has 0 spiro atoms. The van der Waals surface area contributed by atoms with Crippen LogP contribution >= 0.6 is 34.8 Å². The molecule has 129 heavy (non-hydrogen) atoms. The molecule has 2 saturated heterocycles. The summed E-state index contributed by atoms with van der Waals surface area (Å²) in [7, 11) is 1.45. The fourth-order valence-corrected chi connectivity index (χ4v) is 15.7. The van der Waals surface area contributed by atoms with E-state index in [1.54, 1.807) is 26.1 Å². The molecule has 22 N–H and O–H groups in total. The van der Waals surface area contributed by atoms with E-state index in [9.17, 15) is 79.1 Å². The van der Waals surface area contributed by atoms with Gasteiger partial charge in [-0.25, -0.2) is 14.7 Å². The average Bonchev–Trinajstić information content (AvgIpc) is 0.765. The lowest BCUT2D eigenvalue weighted by Gasteiger charge is -2.48. The number of ether oxygens (including phenoxy) is 6. The Labute approximate surface area is 746 Å². The maximum Gasteiger partial charge on any atom is 0.349 e. The highest BCUT2D eigenvalue weighted by Crippen LogP contribution is 2.50. The van der Waals surface area contributed by atoms with Gasteiger partial charge in [-0.3, -0.25) is 62.7 Å². The minimum Gasteiger partial charge on any atom is -0.508 e. The SMILES string of the molecule is CN[C@H](CC(C)C)C(=O)N[C@H]1C(=O)N[C@@H](CC(N)=O)C(=O)N[C@H]2C(=O)N[C@H]3C(=O)N[C@H](C(=O)N[C@@H](C(=O)NOCC(=O)NC#N)c4cc(O)cc(O)c4-c4cc3ccc4O)[C@H](O)c3ccc(c(Cl)c3)Oc3cc2cc(c3O[C@@H]2O[C@H](CO)[C@@H](O)[C@H](O)[C@H]2O[C@H]2C[C@](C)(NCCn3ccc(NC(=O)Cc4ccc(Cl)c(F)c4)nc3=O)[C@H](O)[C@H](C)O2)Oc2ccc(cc2Cl)[C@H]1O. The quantitative estimate of drug-likeness (QED) is 0.0236. The van der Waals surface area contributed by atoms with Crippen molar-refractivity contribution < 1.29 is 132 Å². The van der Waals surface area contributed by atoms with Crippen LogP contribution in [0.4, 0.5) is 10.2 Å². The molecule has 686 valence electrons. The second-order valence-corrected chi connectivity index (χ2v) is 32.6. The Morgan fingerprint density at radius 3 is 2.03 bits per heavy atom. The molecular formula is C83H89Cl3FN15O27. The van der Waals surface area contributed by atoms with Crippen LogP contribution in [-0.2, 0) is 80.0 Å². The van der Waals surface area contributed by atoms with Crippen molar-refractivity contribution in [1.82, 2.24) is 62.9 Å². The highest BCUT2D eigenvalue weighted by atomic mass is 35.5. The van der Waals surface area contributed by atoms with Gasteiger partial charge in [0.05, 0.1) is 52.8 Å². The number of phenols is 3. The zero-order chi connectivity index (χ0) is 93.5. The molecule has 7 aliphatic rings. The first kappa shape index (κ1) is 95.6. The Morgan fingerprint density at radius 2 is 1.40 bits per heavy atom. The minimum absolute atomic E-state index is 0.0776. The van der Waals surface area contributed by atoms with E-state index in [1.807, 2.05) is 5.48 Å². The number of nitriles is 1. The lowest BCUT2D eigenvalue weighted by Crippen LogP contribution is -2.65. The number of rotatable bonds is 23. The van der Waals surface area contributed by atoms with Gasteiger partial charge in [-0.2, -0.15) is 10.2 Å². The Kier molecular flexibility index (Phi) is 30.3. The van der Waals surface area contributed by atoms with Crippen LogP contribution in [0.25, 0.3) is 11.1 Å². The van der Waals surface area contributed by atoms with E-state index in [4.69, 9.17) is 79.1 Å². The second-order valence-electron chi connectivity index (χ2n) is 31.4. The number of nitrogens with zero attached hydrogens (tertiary/aromatic N) is 3. The number of aliphatic hydroxyl groups excluding tert-OH is 6. The summed E-state index contributed by atoms with van der Waals surface area (Å²) in [6.07, 6.45) is -17.6. The molecule has 1 aromatic heterocycles. The number of benzene rings is 6. The topological polar surface area (TPSA) is 634 Å². The fourth-order valence-electron chi connectivity index (χ4n) is 15.1. The van der Waals surface area contributed by atoms with E-state index in [0.717, 1.165) is 78.9 Å². The summed E-state index contributed by atoms with van der Waals surface area (Å²) in [4.78, 5) is 168. The minimum atomic E-state index is -2.44. The van der Waals surface area contributed by atoms with Gasteiger partial charge in [-0.05, 0) is 139 Å². The van der Waals surface area contributed by atoms with Crippen molar-refractivity contribution in [3.8, 4) is 63.3 Å². The zero-order valence-electron chi connectivity index (χ0n) is 68.7. The highest BCUT2D eigenvalue weighted by Gasteiger charge is 2.52. The lowest BCUT2D eigenvalue weighted by atomic mass is 9.85. The summed E-state index contributed by atoms with van der Waals surface area (Å²) in [5, 5.41) is 140. The standard InChI is InChI=1S/C83H89Cl3FN15O27/c1-33(2)18-47(90-5)74(115)99-65-67(110)37-8-12-51(44(85)22-37)125-53-24-39-25-54(71(53)129-81-72(70(113)69(112)55(30-103)127-81)128-60-29-83(4,73(114)34(3)124-60)92-15-17-102-16-14-57(95-82(102)122)94-58(108)20-35-6-10-43(84)46(87)19-35)126-52-13-9-38(23-45(52)86)68(111)66-79(120)98-64(80(121)101-123-31-59(109)91-32-88)42-26-40(104)27-50(106)61(42)41-21-36(7-11-49(41)105)62(76(117)100-66)97-77(118)63(39)96-75(116)48(28-56(89)107)93-78(65)119/h6-14,16,19,21-27,33-34,47-48,55,60,62-70,72-73,81,90,92,103-106,110-114H,15,17-18,20,28-31H2,1-5H3,(H2,89,107)(H,91,109)(H,93,119)(H,96,116)(H,97,118)(H,98,120)(H,99,115)(H,100,117)(H,101,121)(H,94,95,108,122)/t34-,47+,48-,55+,60-,62+,63+,64+,65+,66-,67+,68+,69+,70-,72+,73+,81-,83-/m0/s1. The van der Waals surface area contributed by atoms with E-state index in [1.165, 1.54) is 55.2 Å². The van der Waals surface area contributed by atoms with Crippen molar-refractivity contribution in [3.05, 3.63) is 174 Å². The van der Waals surface area contributed by atoms with Crippen LogP contribution in [0.3, 0.4) is 0 Å². The van der Waals surface area contributed by atoms with Crippen LogP contribution < -0.4 is 84.3 Å². The summed E-state index contributed by atoms with van der Waals surface area (Å²) in [6, 6.07) is 3.56. The molecule has 8 heterocycles. The number of phenolic OH excluding ortho intramolecular Hbond substituents is 3. The van der Waals surface area contributed by atoms with E-state index >= 15 is 24.0 Å². The number of hydrogen-bond donors (Lipinski definition) is 21. The van der Waals surface area contributed by atoms with Crippen LogP contribution in [0, 0.1) is 23.2 Å². The van der Waals surface area contributed by atoms with Gasteiger partial charge in [0.1, 0.15) is 107 Å². The first-order valence-electron chi connectivity index (χ1n) is 39.8. The number of aromatic nitrogens is 2. The largest absolute Gasteiger partial charge is 0.508 e. The van der Waals surface area contributed by atoms with Gasteiger partial charge in [-0.1, -0.05) is 72.9 Å². The molecule has 11 bridgehead atoms. The van der Waals surface area contributed by atoms with Gasteiger partial charge in [0.25, 0.3) is 11.8 Å². The smallest absolute Gasteiger partial charge is 0.349 e. The molecule has 0 unspecified atom stereocenters. The summed E-state index contributed by atoms with van der Waals surface area (Å²) in [5.41, 5.74) is 2.52. The normalized spacial score (nSPS) is 25.4. The molecule has 18 atom stereocenters. The third-order valence-corrected chi connectivity index (χ3v) is 22.6. The maximum absolute atomic E-state index is 16.4. The van der Waals surface area contributed by atoms with Gasteiger partial charge in [0, 0.05) is 48.4 Å². The molecule has 2 fully saturated rings. The number of hydroxylamine groups is 1. The monoisotopic (exact) mass is 1850 g/mol. The van der Waals surface area contributed by atoms with Gasteiger partial charge in [0.2, 0.25) is 59.3 Å². The molecule has 6 aromatic carbocycles. The number of aliphatic hydroxyl groups is 6. The van der Waals surface area contributed by atoms with E-state index in [-0.39, 0.29) is 65.8 Å². The van der Waals surface area contributed by atoms with Crippen molar-refractivity contribution in [2.45, 2.75) is 169 Å². The molecule has 0 saturated carbocycles. The maximum atomic E-state index is 16.4. The average molecular weight is 1850 g/mol. The summed E-state index contributed by atoms with van der Waals surface area (Å²) in [6.45, 7) is 4.37. The molecule has 7 aromatic rings. The number of aromatic hydroxyl groups is 3. The van der Waals surface area contributed by atoms with Crippen molar-refractivity contribution in [2.24, 2.45) is 11.7 Å². The molecular weight excluding hydrogens is 1760 g/mol. The Hall–Kier alpha value is -12.5. The van der Waals surface area contributed by atoms with E-state index in [0.29, 0.717) is 0 Å². The molecule has 0 aliphatic carbocycles. The van der Waals surface area contributed by atoms with Gasteiger partial charge in [-0.15, -0.1) is 0 Å². The fraction of sp³-hybridized carbons (Fsp3) is 0.386. The van der Waals surface area contributed by atoms with Crippen LogP contribution in [-0.4, -0.2) is 220 Å². The van der Waals surface area contributed by atoms with E-state index in [2.05, 4.69) is 52.8 Å². The van der Waals surface area contributed by atoms with E-state index < -0.39 is 283 Å². The van der Waals surface area contributed by atoms with Crippen molar-refractivity contribution >= 4 is 99.7 Å². The second kappa shape index (κ2) is 40.9. The number of amides is 10. The lowest BCUT2D eigenvalue weighted by molar-refractivity contribution is -0.334. The predicted octanol–water partition coefficient (Wildman–Crippen LogP) is 0.528. The van der Waals surface area contributed by atoms with Crippen LogP contribution in [0.1, 0.15) is 111 Å². The third-order valence-electron chi connectivity index (χ3n) is 21.7. The zero-order valence-corrected chi connectivity index (χ0v) is 71.0. The number of likely N-dealkylation sites (N-methyl/N-ethyl adjacent to an activating group) is 1. The number of anilines is 1. The van der Waals surface area contributed by atoms with Crippen molar-refractivity contribution in [1.29, 1.82) is 5.26 Å². The summed E-state index contributed by atoms with van der Waals surface area (Å²) in [5.74, 6) is -19.1. The number of halogens is 4. The third kappa shape index (κ3) is 22.1. The summed E-state index contributed by atoms with van der Waals surface area (Å²) < 4.78 is 54.6. The van der Waals surface area contributed by atoms with Crippen LogP contribution in [0.5, 0.6) is 46.0 Å². The summed E-state index contributed by atoms with van der Waals surface area (Å²) >= 11 is 20.1. The first-order valence-corrected chi connectivity index (χ1v) is 41.0. The number of carbonyl (C=O) groups is 10. The van der Waals surface area contributed by atoms with Gasteiger partial charge >= 0.3 is 5.69 Å². The Morgan fingerprint density at radius 1 is 0.736 bits per heavy atom. The number of hydrogen-bond acceptors (Lipinski definition) is 31.